The van der Waals surface area contributed by atoms with Gasteiger partial charge in [-0.05, 0) is 42.0 Å². The molecule has 0 saturated heterocycles. The fraction of sp³-hybridized carbons (Fsp3) is 0.345. The second-order valence-electron chi connectivity index (χ2n) is 9.58. The van der Waals surface area contributed by atoms with E-state index in [1.165, 1.54) is 21.3 Å². The molecule has 0 spiro atoms. The van der Waals surface area contributed by atoms with E-state index in [9.17, 15) is 23.4 Å². The van der Waals surface area contributed by atoms with Crippen LogP contribution in [0.5, 0.6) is 0 Å². The molecule has 0 aromatic heterocycles. The number of amides is 1. The van der Waals surface area contributed by atoms with E-state index in [1.807, 2.05) is 74.5 Å². The predicted molar refractivity (Wildman–Crippen MR) is 145 cm³/mol. The van der Waals surface area contributed by atoms with Crippen molar-refractivity contribution in [3.63, 3.8) is 0 Å². The summed E-state index contributed by atoms with van der Waals surface area (Å²) in [4.78, 5) is 13.8. The second kappa shape index (κ2) is 13.4. The number of hydrogen-bond acceptors (Lipinski definition) is 4. The van der Waals surface area contributed by atoms with Gasteiger partial charge in [-0.1, -0.05) is 92.7 Å². The Labute approximate surface area is 220 Å². The van der Waals surface area contributed by atoms with Gasteiger partial charge in [0.05, 0.1) is 17.0 Å². The Morgan fingerprint density at radius 1 is 0.838 bits per heavy atom. The third-order valence-corrected chi connectivity index (χ3v) is 8.18. The molecule has 0 heterocycles. The van der Waals surface area contributed by atoms with Crippen LogP contribution in [0.2, 0.25) is 0 Å². The maximum Gasteiger partial charge on any atom is 0.407 e. The van der Waals surface area contributed by atoms with Crippen LogP contribution in [-0.4, -0.2) is 59.2 Å². The molecule has 0 aliphatic heterocycles. The lowest BCUT2D eigenvalue weighted by atomic mass is 9.99. The average Bonchev–Trinajstić information content (AvgIpc) is 2.89. The number of sulfonamides is 1. The average molecular weight is 525 g/mol. The van der Waals surface area contributed by atoms with Crippen molar-refractivity contribution in [2.45, 2.75) is 50.3 Å². The smallest absolute Gasteiger partial charge is 0.407 e. The molecule has 0 aliphatic rings. The molecule has 1 amide bonds. The van der Waals surface area contributed by atoms with Crippen LogP contribution in [0.25, 0.3) is 0 Å². The van der Waals surface area contributed by atoms with Gasteiger partial charge in [-0.15, -0.1) is 0 Å². The van der Waals surface area contributed by atoms with Gasteiger partial charge in [-0.3, -0.25) is 4.90 Å². The fourth-order valence-corrected chi connectivity index (χ4v) is 5.69. The number of aliphatic hydroxyl groups is 1. The van der Waals surface area contributed by atoms with Crippen LogP contribution in [0.4, 0.5) is 4.79 Å². The molecule has 2 N–H and O–H groups in total. The topological polar surface area (TPSA) is 98.2 Å². The quantitative estimate of drug-likeness (QED) is 0.332. The standard InChI is InChI=1S/C29H36N2O5S/c1-23(2)18-19-30(37(35,36)26-16-10-5-11-17-26)22-28(32)27(20-24-12-6-3-7-13-24)31(29(33)34)21-25-14-8-4-9-15-25/h3-17,23,27-28,32H,18-22H2,1-2H3,(H,33,34)/t27?,28-/m1/s1. The van der Waals surface area contributed by atoms with Crippen LogP contribution < -0.4 is 0 Å². The molecule has 198 valence electrons. The van der Waals surface area contributed by atoms with E-state index < -0.39 is 28.3 Å². The van der Waals surface area contributed by atoms with Gasteiger partial charge in [0.25, 0.3) is 0 Å². The molecule has 8 heteroatoms. The number of rotatable bonds is 13. The molecule has 3 aromatic carbocycles. The van der Waals surface area contributed by atoms with Crippen molar-refractivity contribution >= 4 is 16.1 Å². The maximum absolute atomic E-state index is 13.5. The molecule has 0 fully saturated rings. The van der Waals surface area contributed by atoms with Gasteiger partial charge in [0, 0.05) is 19.6 Å². The number of carbonyl (C=O) groups is 1. The number of benzene rings is 3. The van der Waals surface area contributed by atoms with E-state index in [2.05, 4.69) is 0 Å². The van der Waals surface area contributed by atoms with Gasteiger partial charge in [-0.25, -0.2) is 13.2 Å². The minimum atomic E-state index is -3.90. The van der Waals surface area contributed by atoms with Crippen LogP contribution in [-0.2, 0) is 23.0 Å². The van der Waals surface area contributed by atoms with Gasteiger partial charge in [0.15, 0.2) is 0 Å². The number of nitrogens with zero attached hydrogens (tertiary/aromatic N) is 2. The lowest BCUT2D eigenvalue weighted by molar-refractivity contribution is 0.0343. The molecule has 7 nitrogen and oxygen atoms in total. The fourth-order valence-electron chi connectivity index (χ4n) is 4.20. The van der Waals surface area contributed by atoms with E-state index in [0.717, 1.165) is 11.1 Å². The van der Waals surface area contributed by atoms with Crippen molar-refractivity contribution in [1.82, 2.24) is 9.21 Å². The Bertz CT molecular complexity index is 1200. The van der Waals surface area contributed by atoms with Gasteiger partial charge in [-0.2, -0.15) is 4.31 Å². The monoisotopic (exact) mass is 524 g/mol. The predicted octanol–water partition coefficient (Wildman–Crippen LogP) is 4.88. The Morgan fingerprint density at radius 2 is 1.35 bits per heavy atom. The highest BCUT2D eigenvalue weighted by atomic mass is 32.2. The largest absolute Gasteiger partial charge is 0.465 e. The molecule has 0 saturated carbocycles. The molecular weight excluding hydrogens is 488 g/mol. The van der Waals surface area contributed by atoms with E-state index in [0.29, 0.717) is 6.42 Å². The normalized spacial score (nSPS) is 13.4. The number of carboxylic acid groups (broad SMARTS) is 1. The van der Waals surface area contributed by atoms with Crippen molar-refractivity contribution in [1.29, 1.82) is 0 Å². The van der Waals surface area contributed by atoms with Crippen molar-refractivity contribution < 1.29 is 23.4 Å². The summed E-state index contributed by atoms with van der Waals surface area (Å²) >= 11 is 0. The van der Waals surface area contributed by atoms with Crippen molar-refractivity contribution in [2.24, 2.45) is 5.92 Å². The minimum Gasteiger partial charge on any atom is -0.465 e. The zero-order valence-electron chi connectivity index (χ0n) is 21.3. The van der Waals surface area contributed by atoms with E-state index in [1.54, 1.807) is 18.2 Å². The van der Waals surface area contributed by atoms with Crippen LogP contribution in [0, 0.1) is 5.92 Å². The third-order valence-electron chi connectivity index (χ3n) is 6.30. The molecule has 0 bridgehead atoms. The first-order valence-electron chi connectivity index (χ1n) is 12.5. The highest BCUT2D eigenvalue weighted by Crippen LogP contribution is 2.22. The summed E-state index contributed by atoms with van der Waals surface area (Å²) in [6.07, 6.45) is -1.59. The van der Waals surface area contributed by atoms with E-state index in [4.69, 9.17) is 0 Å². The Morgan fingerprint density at radius 3 is 1.86 bits per heavy atom. The number of hydrogen-bond donors (Lipinski definition) is 2. The lowest BCUT2D eigenvalue weighted by Crippen LogP contribution is -2.52. The zero-order valence-corrected chi connectivity index (χ0v) is 22.2. The molecule has 0 radical (unpaired) electrons. The summed E-state index contributed by atoms with van der Waals surface area (Å²) < 4.78 is 28.4. The Balaban J connectivity index is 1.95. The molecule has 37 heavy (non-hydrogen) atoms. The SMILES string of the molecule is CC(C)CCN(C[C@@H](O)C(Cc1ccccc1)N(Cc1ccccc1)C(=O)O)S(=O)(=O)c1ccccc1. The molecular formula is C29H36N2O5S. The summed E-state index contributed by atoms with van der Waals surface area (Å²) in [5.74, 6) is 0.249. The summed E-state index contributed by atoms with van der Waals surface area (Å²) in [5, 5.41) is 21.7. The molecule has 2 atom stereocenters. The van der Waals surface area contributed by atoms with Gasteiger partial charge < -0.3 is 10.2 Å². The summed E-state index contributed by atoms with van der Waals surface area (Å²) in [6.45, 7) is 4.08. The van der Waals surface area contributed by atoms with Gasteiger partial charge >= 0.3 is 6.09 Å². The molecule has 1 unspecified atom stereocenters. The maximum atomic E-state index is 13.5. The minimum absolute atomic E-state index is 0.0716. The van der Waals surface area contributed by atoms with Crippen LogP contribution in [0.15, 0.2) is 95.9 Å². The summed E-state index contributed by atoms with van der Waals surface area (Å²) in [5.41, 5.74) is 1.63. The van der Waals surface area contributed by atoms with E-state index in [-0.39, 0.29) is 36.9 Å². The second-order valence-corrected chi connectivity index (χ2v) is 11.5. The first-order chi connectivity index (χ1) is 17.7. The zero-order chi connectivity index (χ0) is 26.8. The highest BCUT2D eigenvalue weighted by molar-refractivity contribution is 7.89. The van der Waals surface area contributed by atoms with Crippen LogP contribution >= 0.6 is 0 Å². The van der Waals surface area contributed by atoms with Crippen molar-refractivity contribution in [3.8, 4) is 0 Å². The summed E-state index contributed by atoms with van der Waals surface area (Å²) in [7, 11) is -3.90. The van der Waals surface area contributed by atoms with Crippen LogP contribution in [0.3, 0.4) is 0 Å². The first kappa shape index (κ1) is 28.4. The lowest BCUT2D eigenvalue weighted by Gasteiger charge is -2.35. The molecule has 0 aliphatic carbocycles. The van der Waals surface area contributed by atoms with Crippen LogP contribution in [0.1, 0.15) is 31.4 Å². The Kier molecular flexibility index (Phi) is 10.3. The van der Waals surface area contributed by atoms with Gasteiger partial charge in [0.2, 0.25) is 10.0 Å². The first-order valence-corrected chi connectivity index (χ1v) is 13.9. The number of aliphatic hydroxyl groups excluding tert-OH is 1. The van der Waals surface area contributed by atoms with Gasteiger partial charge in [0.1, 0.15) is 0 Å². The van der Waals surface area contributed by atoms with Crippen molar-refractivity contribution in [3.05, 3.63) is 102 Å². The third kappa shape index (κ3) is 8.15. The highest BCUT2D eigenvalue weighted by Gasteiger charge is 2.34. The summed E-state index contributed by atoms with van der Waals surface area (Å²) in [6, 6.07) is 25.8. The Hall–Kier alpha value is -3.20. The van der Waals surface area contributed by atoms with E-state index >= 15 is 0 Å². The molecule has 3 rings (SSSR count). The van der Waals surface area contributed by atoms with Crippen molar-refractivity contribution in [2.75, 3.05) is 13.1 Å². The molecule has 3 aromatic rings.